The van der Waals surface area contributed by atoms with Gasteiger partial charge in [0.25, 0.3) is 0 Å². The summed E-state index contributed by atoms with van der Waals surface area (Å²) in [4.78, 5) is 0. The monoisotopic (exact) mass is 320 g/mol. The van der Waals surface area contributed by atoms with E-state index in [9.17, 15) is 0 Å². The minimum atomic E-state index is -0.349. The van der Waals surface area contributed by atoms with Crippen molar-refractivity contribution in [3.63, 3.8) is 0 Å². The van der Waals surface area contributed by atoms with Crippen LogP contribution in [0.25, 0.3) is 0 Å². The summed E-state index contributed by atoms with van der Waals surface area (Å²) in [5.74, 6) is 1.86. The van der Waals surface area contributed by atoms with Crippen LogP contribution in [0.5, 0.6) is 0 Å². The van der Waals surface area contributed by atoms with Crippen LogP contribution in [0, 0.1) is 11.8 Å². The molecule has 0 unspecified atom stereocenters. The smallest absolute Gasteiger partial charge is 1.00 e. The average Bonchev–Trinajstić information content (AvgIpc) is 2.38. The summed E-state index contributed by atoms with van der Waals surface area (Å²) < 4.78 is 19.8. The van der Waals surface area contributed by atoms with E-state index in [1.54, 1.807) is 14.2 Å². The molecule has 120 valence electrons. The maximum atomic E-state index is 5.10. The van der Waals surface area contributed by atoms with Crippen LogP contribution in [0.15, 0.2) is 0 Å². The fraction of sp³-hybridized carbons (Fsp3) is 1.00. The molecule has 0 aromatic rings. The van der Waals surface area contributed by atoms with Crippen LogP contribution in [0.2, 0.25) is 10.6 Å². The number of methoxy groups -OCH3 is 2. The van der Waals surface area contributed by atoms with Crippen LogP contribution in [0.1, 0.15) is 30.5 Å². The molecule has 20 heavy (non-hydrogen) atoms. The summed E-state index contributed by atoms with van der Waals surface area (Å²) in [6.07, 6.45) is 0. The van der Waals surface area contributed by atoms with Crippen molar-refractivity contribution in [2.24, 2.45) is 11.8 Å². The molecule has 0 bridgehead atoms. The third-order valence-corrected chi connectivity index (χ3v) is 5.52. The van der Waals surface area contributed by atoms with Crippen LogP contribution >= 0.6 is 0 Å². The second kappa shape index (κ2) is 19.9. The second-order valence-electron chi connectivity index (χ2n) is 5.37. The summed E-state index contributed by atoms with van der Waals surface area (Å²) in [5.41, 5.74) is 0. The molecular weight excluding hydrogens is 286 g/mol. The van der Waals surface area contributed by atoms with E-state index < -0.39 is 0 Å². The van der Waals surface area contributed by atoms with Gasteiger partial charge in [0.1, 0.15) is 0 Å². The van der Waals surface area contributed by atoms with Crippen molar-refractivity contribution in [1.29, 1.82) is 0 Å². The number of hydrogen-bond acceptors (Lipinski definition) is 4. The zero-order chi connectivity index (χ0) is 15.6. The molecule has 0 fully saturated rings. The zero-order valence-corrected chi connectivity index (χ0v) is 16.5. The Morgan fingerprint density at radius 3 is 1.45 bits per heavy atom. The molecule has 0 saturated heterocycles. The van der Waals surface area contributed by atoms with E-state index in [4.69, 9.17) is 17.1 Å². The predicted molar refractivity (Wildman–Crippen MR) is 88.7 cm³/mol. The Morgan fingerprint density at radius 2 is 1.15 bits per heavy atom. The van der Waals surface area contributed by atoms with E-state index in [0.29, 0.717) is 26.4 Å². The molecule has 0 aromatic carbocycles. The minimum Gasteiger partial charge on any atom is -1.00 e. The molecule has 0 rings (SSSR count). The maximum Gasteiger partial charge on any atom is -1.00 e. The van der Waals surface area contributed by atoms with E-state index in [0.717, 1.165) is 27.1 Å². The molecule has 4 nitrogen and oxygen atoms in total. The fourth-order valence-electron chi connectivity index (χ4n) is 1.17. The third-order valence-electron chi connectivity index (χ3n) is 2.22. The van der Waals surface area contributed by atoms with Crippen LogP contribution in [0.3, 0.4) is 0 Å². The third kappa shape index (κ3) is 27.3. The molecule has 0 aliphatic rings. The van der Waals surface area contributed by atoms with Gasteiger partial charge in [0.2, 0.25) is 0 Å². The summed E-state index contributed by atoms with van der Waals surface area (Å²) in [5, 5.41) is 2.97. The van der Waals surface area contributed by atoms with Crippen LogP contribution < -0.4 is 0 Å². The molecule has 0 spiro atoms. The Kier molecular flexibility index (Phi) is 23.1. The minimum absolute atomic E-state index is 0. The van der Waals surface area contributed by atoms with Gasteiger partial charge >= 0.3 is 139 Å². The van der Waals surface area contributed by atoms with Crippen molar-refractivity contribution >= 4 is 31.1 Å². The van der Waals surface area contributed by atoms with Gasteiger partial charge in [-0.2, -0.15) is 0 Å². The SMILES string of the molecule is CC(C)[CH2][Al+][CH2]C(C)C.COCC[O][Al+][O]CCOC.[H-].[H-]. The van der Waals surface area contributed by atoms with Crippen molar-refractivity contribution in [1.82, 2.24) is 0 Å². The Bertz CT molecular complexity index is 163. The molecule has 0 radical (unpaired) electrons. The molecule has 0 amide bonds. The predicted octanol–water partition coefficient (Wildman–Crippen LogP) is 2.91. The van der Waals surface area contributed by atoms with Crippen LogP contribution in [-0.2, 0) is 17.1 Å². The standard InChI is InChI=1S/2C4H9.2C3H7O2.2Al.2H/c2*1-4(2)3;2*1-5-3-2-4;;;;/h2*4H,1H2,2-3H3;2*2-3H2,1H3;;;;/q;;2*-1;+1;+3;2*-1. The molecule has 0 aliphatic heterocycles. The second-order valence-corrected chi connectivity index (χ2v) is 7.75. The number of rotatable bonds is 12. The average molecular weight is 320 g/mol. The normalized spacial score (nSPS) is 10.0. The van der Waals surface area contributed by atoms with Gasteiger partial charge < -0.3 is 2.85 Å². The quantitative estimate of drug-likeness (QED) is 0.409. The number of hydrogen-bond donors (Lipinski definition) is 0. The fourth-order valence-corrected chi connectivity index (χ4v) is 3.18. The molecule has 0 aliphatic carbocycles. The van der Waals surface area contributed by atoms with Crippen molar-refractivity contribution < 1.29 is 19.9 Å². The topological polar surface area (TPSA) is 36.9 Å². The van der Waals surface area contributed by atoms with Crippen molar-refractivity contribution in [2.75, 3.05) is 40.6 Å². The van der Waals surface area contributed by atoms with E-state index in [2.05, 4.69) is 27.7 Å². The first kappa shape index (κ1) is 23.2. The Labute approximate surface area is 141 Å². The summed E-state index contributed by atoms with van der Waals surface area (Å²) in [7, 11) is 3.29. The largest absolute Gasteiger partial charge is 1.00 e. The van der Waals surface area contributed by atoms with Gasteiger partial charge in [0.05, 0.1) is 0 Å². The van der Waals surface area contributed by atoms with Gasteiger partial charge in [0.15, 0.2) is 0 Å². The van der Waals surface area contributed by atoms with Crippen LogP contribution in [-0.4, -0.2) is 71.8 Å². The van der Waals surface area contributed by atoms with Crippen molar-refractivity contribution in [3.8, 4) is 0 Å². The molecule has 0 heterocycles. The summed E-state index contributed by atoms with van der Waals surface area (Å²) in [6.45, 7) is 11.7. The number of ether oxygens (including phenoxy) is 2. The Balaban J connectivity index is -0.000000137. The molecule has 6 heteroatoms. The van der Waals surface area contributed by atoms with Crippen molar-refractivity contribution in [3.05, 3.63) is 0 Å². The van der Waals surface area contributed by atoms with E-state index >= 15 is 0 Å². The van der Waals surface area contributed by atoms with Crippen molar-refractivity contribution in [2.45, 2.75) is 38.3 Å². The van der Waals surface area contributed by atoms with Gasteiger partial charge in [-0.25, -0.2) is 0 Å². The Hall–Kier alpha value is 0.905. The first-order valence-corrected chi connectivity index (χ1v) is 9.96. The first-order valence-electron chi connectivity index (χ1n) is 7.38. The van der Waals surface area contributed by atoms with Gasteiger partial charge in [-0.05, 0) is 0 Å². The van der Waals surface area contributed by atoms with E-state index in [-0.39, 0.29) is 18.7 Å². The molecular formula is C14H34Al2O4. The van der Waals surface area contributed by atoms with Gasteiger partial charge in [-0.1, -0.05) is 0 Å². The first-order chi connectivity index (χ1) is 9.54. The maximum absolute atomic E-state index is 5.10. The molecule has 0 N–H and O–H groups in total. The molecule has 0 atom stereocenters. The van der Waals surface area contributed by atoms with Crippen LogP contribution in [0.4, 0.5) is 0 Å². The summed E-state index contributed by atoms with van der Waals surface area (Å²) in [6, 6.07) is 0. The van der Waals surface area contributed by atoms with E-state index in [1.807, 2.05) is 0 Å². The van der Waals surface area contributed by atoms with Gasteiger partial charge in [-0.3, -0.25) is 0 Å². The van der Waals surface area contributed by atoms with E-state index in [1.165, 1.54) is 10.6 Å². The summed E-state index contributed by atoms with van der Waals surface area (Å²) >= 11 is 0.406. The zero-order valence-electron chi connectivity index (χ0n) is 16.2. The molecule has 0 aromatic heterocycles. The molecule has 0 saturated carbocycles. The van der Waals surface area contributed by atoms with Gasteiger partial charge in [-0.15, -0.1) is 0 Å². The Morgan fingerprint density at radius 1 is 0.750 bits per heavy atom. The van der Waals surface area contributed by atoms with Gasteiger partial charge in [0, 0.05) is 0 Å².